The minimum Gasteiger partial charge on any atom is -0.354 e. The molecule has 106 valence electrons. The number of nitrogens with one attached hydrogen (secondary N) is 2. The summed E-state index contributed by atoms with van der Waals surface area (Å²) in [5.74, 6) is 0.0301. The van der Waals surface area contributed by atoms with E-state index in [0.29, 0.717) is 6.54 Å². The van der Waals surface area contributed by atoms with Gasteiger partial charge in [-0.3, -0.25) is 4.79 Å². The second kappa shape index (κ2) is 7.46. The Bertz CT molecular complexity index is 404. The monoisotopic (exact) mass is 286 g/mol. The average molecular weight is 287 g/mol. The summed E-state index contributed by atoms with van der Waals surface area (Å²) in [6.07, 6.45) is 1.97. The number of rotatable bonds is 4. The minimum atomic E-state index is -0.231. The van der Waals surface area contributed by atoms with Crippen LogP contribution in [0.3, 0.4) is 0 Å². The van der Waals surface area contributed by atoms with E-state index in [1.54, 1.807) is 12.1 Å². The van der Waals surface area contributed by atoms with Gasteiger partial charge in [-0.15, -0.1) is 12.4 Å². The molecule has 0 bridgehead atoms. The van der Waals surface area contributed by atoms with E-state index in [2.05, 4.69) is 10.6 Å². The van der Waals surface area contributed by atoms with Crippen LogP contribution in [0.2, 0.25) is 0 Å². The molecular formula is C14H20ClFN2O. The van der Waals surface area contributed by atoms with Crippen molar-refractivity contribution < 1.29 is 9.18 Å². The molecule has 3 nitrogen and oxygen atoms in total. The molecule has 1 fully saturated rings. The maximum absolute atomic E-state index is 12.8. The van der Waals surface area contributed by atoms with E-state index in [0.717, 1.165) is 24.9 Å². The van der Waals surface area contributed by atoms with E-state index < -0.39 is 0 Å². The lowest BCUT2D eigenvalue weighted by atomic mass is 10.0. The Labute approximate surface area is 119 Å². The second-order valence-corrected chi connectivity index (χ2v) is 4.85. The molecule has 19 heavy (non-hydrogen) atoms. The van der Waals surface area contributed by atoms with Crippen molar-refractivity contribution in [3.63, 3.8) is 0 Å². The molecule has 0 aliphatic carbocycles. The number of hydrogen-bond donors (Lipinski definition) is 2. The van der Waals surface area contributed by atoms with Crippen LogP contribution >= 0.6 is 12.4 Å². The minimum absolute atomic E-state index is 0. The van der Waals surface area contributed by atoms with Gasteiger partial charge in [0.25, 0.3) is 0 Å². The maximum atomic E-state index is 12.8. The number of carbonyl (C=O) groups is 1. The van der Waals surface area contributed by atoms with Gasteiger partial charge in [-0.25, -0.2) is 4.39 Å². The lowest BCUT2D eigenvalue weighted by Crippen LogP contribution is -2.41. The molecule has 0 radical (unpaired) electrons. The van der Waals surface area contributed by atoms with Gasteiger partial charge in [0.2, 0.25) is 5.91 Å². The zero-order chi connectivity index (χ0) is 13.0. The SMILES string of the molecule is CC(CNC(=O)C1CCCN1)c1ccc(F)cc1.Cl. The van der Waals surface area contributed by atoms with Crippen molar-refractivity contribution in [1.29, 1.82) is 0 Å². The molecular weight excluding hydrogens is 267 g/mol. The highest BCUT2D eigenvalue weighted by Crippen LogP contribution is 2.14. The maximum Gasteiger partial charge on any atom is 0.237 e. The summed E-state index contributed by atoms with van der Waals surface area (Å²) >= 11 is 0. The highest BCUT2D eigenvalue weighted by atomic mass is 35.5. The number of amides is 1. The molecule has 1 heterocycles. The predicted octanol–water partition coefficient (Wildman–Crippen LogP) is 2.22. The lowest BCUT2D eigenvalue weighted by Gasteiger charge is -2.15. The predicted molar refractivity (Wildman–Crippen MR) is 76.1 cm³/mol. The molecule has 1 amide bonds. The van der Waals surface area contributed by atoms with Crippen LogP contribution < -0.4 is 10.6 Å². The van der Waals surface area contributed by atoms with Gasteiger partial charge in [0.05, 0.1) is 6.04 Å². The summed E-state index contributed by atoms with van der Waals surface area (Å²) in [5.41, 5.74) is 1.04. The van der Waals surface area contributed by atoms with E-state index in [9.17, 15) is 9.18 Å². The molecule has 1 aromatic carbocycles. The smallest absolute Gasteiger partial charge is 0.237 e. The van der Waals surface area contributed by atoms with Crippen molar-refractivity contribution in [2.45, 2.75) is 31.7 Å². The Kier molecular flexibility index (Phi) is 6.25. The van der Waals surface area contributed by atoms with Gasteiger partial charge >= 0.3 is 0 Å². The van der Waals surface area contributed by atoms with Gasteiger partial charge in [-0.05, 0) is 43.0 Å². The van der Waals surface area contributed by atoms with Crippen molar-refractivity contribution in [2.24, 2.45) is 0 Å². The molecule has 2 N–H and O–H groups in total. The first-order chi connectivity index (χ1) is 8.66. The van der Waals surface area contributed by atoms with Crippen LogP contribution in [0.5, 0.6) is 0 Å². The molecule has 1 aliphatic rings. The van der Waals surface area contributed by atoms with Gasteiger partial charge in [0.1, 0.15) is 5.82 Å². The van der Waals surface area contributed by atoms with Crippen LogP contribution in [0.1, 0.15) is 31.2 Å². The fourth-order valence-corrected chi connectivity index (χ4v) is 2.19. The van der Waals surface area contributed by atoms with Crippen LogP contribution in [-0.4, -0.2) is 25.0 Å². The Balaban J connectivity index is 0.00000180. The molecule has 2 atom stereocenters. The normalized spacial score (nSPS) is 19.6. The van der Waals surface area contributed by atoms with Gasteiger partial charge in [-0.2, -0.15) is 0 Å². The molecule has 0 saturated carbocycles. The van der Waals surface area contributed by atoms with Crippen LogP contribution in [0.4, 0.5) is 4.39 Å². The molecule has 1 saturated heterocycles. The third-order valence-electron chi connectivity index (χ3n) is 3.40. The van der Waals surface area contributed by atoms with Crippen LogP contribution in [0, 0.1) is 5.82 Å². The molecule has 1 aliphatic heterocycles. The van der Waals surface area contributed by atoms with Crippen molar-refractivity contribution in [3.05, 3.63) is 35.6 Å². The van der Waals surface area contributed by atoms with Crippen molar-refractivity contribution >= 4 is 18.3 Å². The van der Waals surface area contributed by atoms with E-state index in [-0.39, 0.29) is 36.1 Å². The number of benzene rings is 1. The van der Waals surface area contributed by atoms with Crippen LogP contribution in [0.25, 0.3) is 0 Å². The number of carbonyl (C=O) groups excluding carboxylic acids is 1. The Hall–Kier alpha value is -1.13. The zero-order valence-electron chi connectivity index (χ0n) is 11.0. The average Bonchev–Trinajstić information content (AvgIpc) is 2.90. The van der Waals surface area contributed by atoms with Crippen molar-refractivity contribution in [3.8, 4) is 0 Å². The van der Waals surface area contributed by atoms with E-state index in [1.807, 2.05) is 6.92 Å². The fourth-order valence-electron chi connectivity index (χ4n) is 2.19. The first-order valence-electron chi connectivity index (χ1n) is 6.43. The lowest BCUT2D eigenvalue weighted by molar-refractivity contribution is -0.122. The molecule has 5 heteroatoms. The summed E-state index contributed by atoms with van der Waals surface area (Å²) in [7, 11) is 0. The molecule has 2 unspecified atom stereocenters. The molecule has 0 aromatic heterocycles. The Morgan fingerprint density at radius 1 is 1.47 bits per heavy atom. The van der Waals surface area contributed by atoms with Gasteiger partial charge < -0.3 is 10.6 Å². The number of hydrogen-bond acceptors (Lipinski definition) is 2. The van der Waals surface area contributed by atoms with Crippen LogP contribution in [-0.2, 0) is 4.79 Å². The summed E-state index contributed by atoms with van der Waals surface area (Å²) in [4.78, 5) is 11.8. The largest absolute Gasteiger partial charge is 0.354 e. The highest BCUT2D eigenvalue weighted by Gasteiger charge is 2.21. The Morgan fingerprint density at radius 3 is 2.74 bits per heavy atom. The van der Waals surface area contributed by atoms with Gasteiger partial charge in [0.15, 0.2) is 0 Å². The first-order valence-corrected chi connectivity index (χ1v) is 6.43. The quantitative estimate of drug-likeness (QED) is 0.891. The molecule has 0 spiro atoms. The van der Waals surface area contributed by atoms with E-state index in [1.165, 1.54) is 12.1 Å². The molecule has 2 rings (SSSR count). The standard InChI is InChI=1S/C14H19FN2O.ClH/c1-10(11-4-6-12(15)7-5-11)9-17-14(18)13-3-2-8-16-13;/h4-7,10,13,16H,2-3,8-9H2,1H3,(H,17,18);1H. The van der Waals surface area contributed by atoms with Gasteiger partial charge in [-0.1, -0.05) is 19.1 Å². The van der Waals surface area contributed by atoms with E-state index in [4.69, 9.17) is 0 Å². The summed E-state index contributed by atoms with van der Waals surface area (Å²) in [5, 5.41) is 6.11. The highest BCUT2D eigenvalue weighted by molar-refractivity contribution is 5.85. The summed E-state index contributed by atoms with van der Waals surface area (Å²) in [6, 6.07) is 6.39. The topological polar surface area (TPSA) is 41.1 Å². The zero-order valence-corrected chi connectivity index (χ0v) is 11.8. The van der Waals surface area contributed by atoms with Crippen molar-refractivity contribution in [2.75, 3.05) is 13.1 Å². The van der Waals surface area contributed by atoms with Crippen molar-refractivity contribution in [1.82, 2.24) is 10.6 Å². The Morgan fingerprint density at radius 2 is 2.16 bits per heavy atom. The number of halogens is 2. The molecule has 1 aromatic rings. The van der Waals surface area contributed by atoms with Gasteiger partial charge in [0, 0.05) is 6.54 Å². The first kappa shape index (κ1) is 15.9. The third-order valence-corrected chi connectivity index (χ3v) is 3.40. The summed E-state index contributed by atoms with van der Waals surface area (Å²) < 4.78 is 12.8. The van der Waals surface area contributed by atoms with E-state index >= 15 is 0 Å². The second-order valence-electron chi connectivity index (χ2n) is 4.85. The fraction of sp³-hybridized carbons (Fsp3) is 0.500. The third kappa shape index (κ3) is 4.48. The summed E-state index contributed by atoms with van der Waals surface area (Å²) in [6.45, 7) is 3.53. The van der Waals surface area contributed by atoms with Crippen LogP contribution in [0.15, 0.2) is 24.3 Å².